The lowest BCUT2D eigenvalue weighted by Gasteiger charge is -2.07. The highest BCUT2D eigenvalue weighted by Gasteiger charge is 2.12. The van der Waals surface area contributed by atoms with Gasteiger partial charge in [0.05, 0.1) is 19.2 Å². The summed E-state index contributed by atoms with van der Waals surface area (Å²) >= 11 is 0. The molecule has 2 N–H and O–H groups in total. The van der Waals surface area contributed by atoms with Gasteiger partial charge in [-0.2, -0.15) is 0 Å². The first-order chi connectivity index (χ1) is 11.5. The number of hydrogen-bond donors (Lipinski definition) is 2. The number of hydrogen-bond acceptors (Lipinski definition) is 5. The van der Waals surface area contributed by atoms with E-state index in [0.29, 0.717) is 11.3 Å². The Bertz CT molecular complexity index is 715. The summed E-state index contributed by atoms with van der Waals surface area (Å²) in [6.45, 7) is -0.492. The predicted octanol–water partition coefficient (Wildman–Crippen LogP) is 1.53. The molecular weight excluding hydrogens is 319 g/mol. The molecule has 0 atom stereocenters. The van der Waals surface area contributed by atoms with E-state index in [9.17, 15) is 18.8 Å². The number of imide groups is 1. The third-order valence-electron chi connectivity index (χ3n) is 2.86. The average Bonchev–Trinajstić information content (AvgIpc) is 3.04. The summed E-state index contributed by atoms with van der Waals surface area (Å²) < 4.78 is 22.7. The van der Waals surface area contributed by atoms with Crippen molar-refractivity contribution in [3.8, 4) is 0 Å². The normalized spacial score (nSPS) is 10.0. The molecule has 0 saturated carbocycles. The van der Waals surface area contributed by atoms with Gasteiger partial charge in [0.15, 0.2) is 6.61 Å². The fourth-order valence-corrected chi connectivity index (χ4v) is 1.80. The zero-order chi connectivity index (χ0) is 17.4. The number of carbonyl (C=O) groups is 3. The van der Waals surface area contributed by atoms with E-state index < -0.39 is 30.3 Å². The molecule has 24 heavy (non-hydrogen) atoms. The molecule has 0 aliphatic carbocycles. The molecule has 2 rings (SSSR count). The molecule has 1 aromatic heterocycles. The molecule has 8 heteroatoms. The number of esters is 1. The minimum atomic E-state index is -0.778. The van der Waals surface area contributed by atoms with Crippen molar-refractivity contribution < 1.29 is 27.9 Å². The predicted molar refractivity (Wildman–Crippen MR) is 80.1 cm³/mol. The molecule has 126 valence electrons. The summed E-state index contributed by atoms with van der Waals surface area (Å²) in [6.07, 6.45) is 1.29. The topological polar surface area (TPSA) is 97.6 Å². The van der Waals surface area contributed by atoms with Crippen molar-refractivity contribution in [1.82, 2.24) is 10.6 Å². The van der Waals surface area contributed by atoms with Crippen molar-refractivity contribution in [2.45, 2.75) is 13.0 Å². The Hall–Kier alpha value is -3.16. The summed E-state index contributed by atoms with van der Waals surface area (Å²) in [7, 11) is 0. The Labute approximate surface area is 136 Å². The molecule has 7 nitrogen and oxygen atoms in total. The van der Waals surface area contributed by atoms with Crippen LogP contribution in [0, 0.1) is 5.82 Å². The second kappa shape index (κ2) is 8.47. The van der Waals surface area contributed by atoms with E-state index in [1.807, 2.05) is 5.32 Å². The highest BCUT2D eigenvalue weighted by Crippen LogP contribution is 2.05. The van der Waals surface area contributed by atoms with Crippen LogP contribution >= 0.6 is 0 Å². The van der Waals surface area contributed by atoms with Crippen molar-refractivity contribution in [2.24, 2.45) is 0 Å². The van der Waals surface area contributed by atoms with E-state index in [1.165, 1.54) is 24.5 Å². The molecule has 0 fully saturated rings. The summed E-state index contributed by atoms with van der Waals surface area (Å²) in [5, 5.41) is 4.41. The van der Waals surface area contributed by atoms with Crippen molar-refractivity contribution in [2.75, 3.05) is 6.61 Å². The fourth-order valence-electron chi connectivity index (χ4n) is 1.80. The van der Waals surface area contributed by atoms with Crippen molar-refractivity contribution in [1.29, 1.82) is 0 Å². The van der Waals surface area contributed by atoms with Gasteiger partial charge in [-0.15, -0.1) is 0 Å². The largest absolute Gasteiger partial charge is 0.467 e. The summed E-state index contributed by atoms with van der Waals surface area (Å²) in [5.74, 6) is -1.42. The molecule has 0 radical (unpaired) electrons. The first kappa shape index (κ1) is 17.2. The van der Waals surface area contributed by atoms with E-state index >= 15 is 0 Å². The molecule has 0 aliphatic rings. The minimum Gasteiger partial charge on any atom is -0.467 e. The van der Waals surface area contributed by atoms with Gasteiger partial charge in [0.1, 0.15) is 11.6 Å². The maximum absolute atomic E-state index is 13.0. The highest BCUT2D eigenvalue weighted by atomic mass is 19.1. The zero-order valence-electron chi connectivity index (χ0n) is 12.6. The van der Waals surface area contributed by atoms with Crippen LogP contribution in [0.3, 0.4) is 0 Å². The Balaban J connectivity index is 1.66. The Morgan fingerprint density at radius 2 is 2.00 bits per heavy atom. The standard InChI is InChI=1S/C16H15FN2O5/c17-12-4-1-3-11(7-12)8-15(21)24-10-14(20)19-16(22)18-9-13-5-2-6-23-13/h1-7H,8-10H2,(H2,18,19,20,22). The van der Waals surface area contributed by atoms with E-state index in [4.69, 9.17) is 9.15 Å². The Morgan fingerprint density at radius 3 is 2.71 bits per heavy atom. The lowest BCUT2D eigenvalue weighted by molar-refractivity contribution is -0.147. The number of benzene rings is 1. The number of ether oxygens (including phenoxy) is 1. The molecule has 0 spiro atoms. The van der Waals surface area contributed by atoms with Gasteiger partial charge in [0, 0.05) is 0 Å². The van der Waals surface area contributed by atoms with Crippen LogP contribution < -0.4 is 10.6 Å². The maximum atomic E-state index is 13.0. The monoisotopic (exact) mass is 334 g/mol. The van der Waals surface area contributed by atoms with Gasteiger partial charge in [-0.05, 0) is 29.8 Å². The van der Waals surface area contributed by atoms with Crippen LogP contribution in [0.5, 0.6) is 0 Å². The van der Waals surface area contributed by atoms with E-state index in [0.717, 1.165) is 0 Å². The number of carbonyl (C=O) groups excluding carboxylic acids is 3. The van der Waals surface area contributed by atoms with Crippen molar-refractivity contribution in [3.63, 3.8) is 0 Å². The van der Waals surface area contributed by atoms with Gasteiger partial charge < -0.3 is 14.5 Å². The van der Waals surface area contributed by atoms with Gasteiger partial charge >= 0.3 is 12.0 Å². The van der Waals surface area contributed by atoms with Gasteiger partial charge in [0.2, 0.25) is 0 Å². The van der Waals surface area contributed by atoms with Crippen LogP contribution in [-0.4, -0.2) is 24.5 Å². The third kappa shape index (κ3) is 5.91. The van der Waals surface area contributed by atoms with Gasteiger partial charge in [-0.3, -0.25) is 14.9 Å². The van der Waals surface area contributed by atoms with Crippen LogP contribution in [0.1, 0.15) is 11.3 Å². The quantitative estimate of drug-likeness (QED) is 0.781. The molecule has 2 aromatic rings. The molecule has 0 bridgehead atoms. The van der Waals surface area contributed by atoms with Crippen LogP contribution in [0.25, 0.3) is 0 Å². The molecule has 1 aromatic carbocycles. The fraction of sp³-hybridized carbons (Fsp3) is 0.188. The van der Waals surface area contributed by atoms with Gasteiger partial charge in [-0.1, -0.05) is 12.1 Å². The number of nitrogens with one attached hydrogen (secondary N) is 2. The second-order valence-corrected chi connectivity index (χ2v) is 4.78. The average molecular weight is 334 g/mol. The molecule has 0 unspecified atom stereocenters. The van der Waals surface area contributed by atoms with Crippen LogP contribution in [0.15, 0.2) is 47.1 Å². The SMILES string of the molecule is O=C(COC(=O)Cc1cccc(F)c1)NC(=O)NCc1ccco1. The molecule has 0 aliphatic heterocycles. The third-order valence-corrected chi connectivity index (χ3v) is 2.86. The number of amides is 3. The highest BCUT2D eigenvalue weighted by molar-refractivity contribution is 5.95. The zero-order valence-corrected chi connectivity index (χ0v) is 12.6. The van der Waals surface area contributed by atoms with Crippen molar-refractivity contribution in [3.05, 3.63) is 59.8 Å². The van der Waals surface area contributed by atoms with Crippen molar-refractivity contribution >= 4 is 17.9 Å². The van der Waals surface area contributed by atoms with Gasteiger partial charge in [0.25, 0.3) is 5.91 Å². The molecule has 0 saturated heterocycles. The van der Waals surface area contributed by atoms with Crippen LogP contribution in [-0.2, 0) is 27.3 Å². The van der Waals surface area contributed by atoms with E-state index in [-0.39, 0.29) is 13.0 Å². The summed E-state index contributed by atoms with van der Waals surface area (Å²) in [6, 6.07) is 8.07. The lowest BCUT2D eigenvalue weighted by Crippen LogP contribution is -2.41. The van der Waals surface area contributed by atoms with Gasteiger partial charge in [-0.25, -0.2) is 9.18 Å². The van der Waals surface area contributed by atoms with E-state index in [1.54, 1.807) is 18.2 Å². The molecular formula is C16H15FN2O5. The Kier molecular flexibility index (Phi) is 6.07. The maximum Gasteiger partial charge on any atom is 0.321 e. The minimum absolute atomic E-state index is 0.117. The van der Waals surface area contributed by atoms with Crippen LogP contribution in [0.4, 0.5) is 9.18 Å². The second-order valence-electron chi connectivity index (χ2n) is 4.78. The Morgan fingerprint density at radius 1 is 1.17 bits per heavy atom. The smallest absolute Gasteiger partial charge is 0.321 e. The summed E-state index contributed by atoms with van der Waals surface area (Å²) in [5.41, 5.74) is 0.427. The number of halogens is 1. The lowest BCUT2D eigenvalue weighted by atomic mass is 10.1. The first-order valence-corrected chi connectivity index (χ1v) is 7.03. The number of urea groups is 1. The first-order valence-electron chi connectivity index (χ1n) is 7.03. The van der Waals surface area contributed by atoms with E-state index in [2.05, 4.69) is 5.32 Å². The molecule has 1 heterocycles. The summed E-state index contributed by atoms with van der Waals surface area (Å²) in [4.78, 5) is 34.5. The number of furan rings is 1. The van der Waals surface area contributed by atoms with Crippen LogP contribution in [0.2, 0.25) is 0 Å². The molecule has 3 amide bonds. The number of rotatable bonds is 6.